The summed E-state index contributed by atoms with van der Waals surface area (Å²) in [5.74, 6) is 0.334. The van der Waals surface area contributed by atoms with E-state index in [4.69, 9.17) is 34.7 Å². The van der Waals surface area contributed by atoms with E-state index in [0.717, 1.165) is 11.1 Å². The minimum absolute atomic E-state index is 0.334. The smallest absolute Gasteiger partial charge is 0.146 e. The normalized spacial score (nSPS) is 10.5. The highest BCUT2D eigenvalue weighted by Crippen LogP contribution is 2.26. The summed E-state index contributed by atoms with van der Waals surface area (Å²) in [6.45, 7) is 0. The number of benzene rings is 1. The number of nitrogens with zero attached hydrogens (tertiary/aromatic N) is 1. The van der Waals surface area contributed by atoms with Crippen LogP contribution in [0.2, 0.25) is 10.0 Å². The molecular formula is C12H11Cl2N3. The zero-order chi connectivity index (χ0) is 12.4. The molecule has 2 rings (SSSR count). The lowest BCUT2D eigenvalue weighted by Crippen LogP contribution is -2.02. The monoisotopic (exact) mass is 267 g/mol. The van der Waals surface area contributed by atoms with Crippen molar-refractivity contribution in [3.63, 3.8) is 0 Å². The molecule has 17 heavy (non-hydrogen) atoms. The maximum absolute atomic E-state index is 6.09. The molecule has 0 unspecified atom stereocenters. The molecule has 5 heteroatoms. The number of aromatic nitrogens is 1. The van der Waals surface area contributed by atoms with Gasteiger partial charge >= 0.3 is 0 Å². The molecule has 1 heterocycles. The molecule has 0 aliphatic heterocycles. The van der Waals surface area contributed by atoms with E-state index in [1.54, 1.807) is 18.3 Å². The van der Waals surface area contributed by atoms with Crippen LogP contribution in [-0.2, 0) is 6.42 Å². The van der Waals surface area contributed by atoms with Crippen LogP contribution in [-0.4, -0.2) is 4.98 Å². The molecule has 2 aromatic rings. The quantitative estimate of drug-likeness (QED) is 0.879. The van der Waals surface area contributed by atoms with Gasteiger partial charge in [0.15, 0.2) is 0 Å². The molecule has 0 fully saturated rings. The molecule has 4 N–H and O–H groups in total. The van der Waals surface area contributed by atoms with Gasteiger partial charge in [0.05, 0.1) is 5.69 Å². The molecule has 1 aromatic heterocycles. The van der Waals surface area contributed by atoms with E-state index in [1.165, 1.54) is 0 Å². The lowest BCUT2D eigenvalue weighted by Gasteiger charge is -2.09. The van der Waals surface area contributed by atoms with E-state index in [0.29, 0.717) is 28.0 Å². The number of pyridine rings is 1. The first-order valence-electron chi connectivity index (χ1n) is 5.00. The average Bonchev–Trinajstić information content (AvgIpc) is 2.30. The molecule has 0 radical (unpaired) electrons. The summed E-state index contributed by atoms with van der Waals surface area (Å²) in [5, 5.41) is 1.30. The molecule has 0 bridgehead atoms. The van der Waals surface area contributed by atoms with Gasteiger partial charge in [-0.25, -0.2) is 4.98 Å². The minimum Gasteiger partial charge on any atom is -0.396 e. The lowest BCUT2D eigenvalue weighted by atomic mass is 10.0. The van der Waals surface area contributed by atoms with Crippen LogP contribution < -0.4 is 11.5 Å². The Labute approximate surface area is 109 Å². The Bertz CT molecular complexity index is 555. The Morgan fingerprint density at radius 2 is 1.82 bits per heavy atom. The van der Waals surface area contributed by atoms with Gasteiger partial charge in [-0.1, -0.05) is 23.2 Å². The van der Waals surface area contributed by atoms with Crippen molar-refractivity contribution in [1.82, 2.24) is 4.98 Å². The molecule has 0 amide bonds. The first-order valence-corrected chi connectivity index (χ1v) is 5.76. The maximum Gasteiger partial charge on any atom is 0.146 e. The van der Waals surface area contributed by atoms with Crippen molar-refractivity contribution in [1.29, 1.82) is 0 Å². The summed E-state index contributed by atoms with van der Waals surface area (Å²) in [7, 11) is 0. The standard InChI is InChI=1S/C12H11Cl2N3/c13-9-1-2-10(14)8(6-9)5-7-3-4-17-12(16)11(7)15/h1-4,6H,5,15H2,(H2,16,17). The zero-order valence-corrected chi connectivity index (χ0v) is 10.5. The van der Waals surface area contributed by atoms with E-state index in [1.807, 2.05) is 12.1 Å². The third-order valence-electron chi connectivity index (χ3n) is 2.50. The maximum atomic E-state index is 6.09. The first-order chi connectivity index (χ1) is 8.08. The Kier molecular flexibility index (Phi) is 3.41. The molecule has 3 nitrogen and oxygen atoms in total. The fourth-order valence-electron chi connectivity index (χ4n) is 1.57. The molecule has 0 saturated carbocycles. The van der Waals surface area contributed by atoms with Gasteiger partial charge in [-0.15, -0.1) is 0 Å². The van der Waals surface area contributed by atoms with E-state index >= 15 is 0 Å². The van der Waals surface area contributed by atoms with Crippen LogP contribution in [0.5, 0.6) is 0 Å². The largest absolute Gasteiger partial charge is 0.396 e. The van der Waals surface area contributed by atoms with Crippen LogP contribution in [0.15, 0.2) is 30.5 Å². The van der Waals surface area contributed by atoms with E-state index < -0.39 is 0 Å². The summed E-state index contributed by atoms with van der Waals surface area (Å²) in [6.07, 6.45) is 2.21. The van der Waals surface area contributed by atoms with E-state index in [2.05, 4.69) is 4.98 Å². The summed E-state index contributed by atoms with van der Waals surface area (Å²) < 4.78 is 0. The fourth-order valence-corrected chi connectivity index (χ4v) is 1.95. The van der Waals surface area contributed by atoms with Gasteiger partial charge in [-0.2, -0.15) is 0 Å². The number of nitrogens with two attached hydrogens (primary N) is 2. The number of hydrogen-bond acceptors (Lipinski definition) is 3. The number of hydrogen-bond donors (Lipinski definition) is 2. The highest BCUT2D eigenvalue weighted by atomic mass is 35.5. The molecule has 0 aliphatic carbocycles. The fraction of sp³-hybridized carbons (Fsp3) is 0.0833. The minimum atomic E-state index is 0.334. The third-order valence-corrected chi connectivity index (χ3v) is 3.10. The Hall–Kier alpha value is -1.45. The second-order valence-electron chi connectivity index (χ2n) is 3.68. The lowest BCUT2D eigenvalue weighted by molar-refractivity contribution is 1.17. The van der Waals surface area contributed by atoms with Crippen molar-refractivity contribution in [3.8, 4) is 0 Å². The summed E-state index contributed by atoms with van der Waals surface area (Å²) >= 11 is 12.0. The number of anilines is 2. The molecule has 0 spiro atoms. The summed E-state index contributed by atoms with van der Waals surface area (Å²) in [4.78, 5) is 3.91. The van der Waals surface area contributed by atoms with Crippen LogP contribution in [0.3, 0.4) is 0 Å². The molecular weight excluding hydrogens is 257 g/mol. The second-order valence-corrected chi connectivity index (χ2v) is 4.53. The van der Waals surface area contributed by atoms with Crippen LogP contribution in [0, 0.1) is 0 Å². The molecule has 0 atom stereocenters. The highest BCUT2D eigenvalue weighted by Gasteiger charge is 2.07. The van der Waals surface area contributed by atoms with E-state index in [9.17, 15) is 0 Å². The van der Waals surface area contributed by atoms with Crippen molar-refractivity contribution in [2.75, 3.05) is 11.5 Å². The Morgan fingerprint density at radius 1 is 1.06 bits per heavy atom. The number of halogens is 2. The van der Waals surface area contributed by atoms with Crippen LogP contribution >= 0.6 is 23.2 Å². The molecule has 1 aromatic carbocycles. The molecule has 0 saturated heterocycles. The Balaban J connectivity index is 2.38. The van der Waals surface area contributed by atoms with Gasteiger partial charge < -0.3 is 11.5 Å². The number of nitrogen functional groups attached to an aromatic ring is 2. The predicted molar refractivity (Wildman–Crippen MR) is 72.3 cm³/mol. The van der Waals surface area contributed by atoms with Crippen molar-refractivity contribution in [2.24, 2.45) is 0 Å². The van der Waals surface area contributed by atoms with Crippen LogP contribution in [0.1, 0.15) is 11.1 Å². The highest BCUT2D eigenvalue weighted by molar-refractivity contribution is 6.33. The summed E-state index contributed by atoms with van der Waals surface area (Å²) in [6, 6.07) is 7.15. The zero-order valence-electron chi connectivity index (χ0n) is 8.95. The summed E-state index contributed by atoms with van der Waals surface area (Å²) in [5.41, 5.74) is 13.8. The molecule has 88 valence electrons. The topological polar surface area (TPSA) is 64.9 Å². The third kappa shape index (κ3) is 2.62. The number of rotatable bonds is 2. The van der Waals surface area contributed by atoms with Crippen molar-refractivity contribution >= 4 is 34.7 Å². The van der Waals surface area contributed by atoms with Gasteiger partial charge in [-0.05, 0) is 35.4 Å². The SMILES string of the molecule is Nc1nccc(Cc2cc(Cl)ccc2Cl)c1N. The van der Waals surface area contributed by atoms with Crippen LogP contribution in [0.4, 0.5) is 11.5 Å². The molecule has 0 aliphatic rings. The first kappa shape index (κ1) is 12.0. The van der Waals surface area contributed by atoms with Gasteiger partial charge in [-0.3, -0.25) is 0 Å². The van der Waals surface area contributed by atoms with Gasteiger partial charge in [0, 0.05) is 22.7 Å². The second kappa shape index (κ2) is 4.82. The van der Waals surface area contributed by atoms with Crippen molar-refractivity contribution < 1.29 is 0 Å². The van der Waals surface area contributed by atoms with E-state index in [-0.39, 0.29) is 0 Å². The van der Waals surface area contributed by atoms with Crippen molar-refractivity contribution in [3.05, 3.63) is 51.6 Å². The average molecular weight is 268 g/mol. The predicted octanol–water partition coefficient (Wildman–Crippen LogP) is 3.14. The van der Waals surface area contributed by atoms with Gasteiger partial charge in [0.2, 0.25) is 0 Å². The van der Waals surface area contributed by atoms with Gasteiger partial charge in [0.1, 0.15) is 5.82 Å². The Morgan fingerprint density at radius 3 is 2.59 bits per heavy atom. The van der Waals surface area contributed by atoms with Crippen molar-refractivity contribution in [2.45, 2.75) is 6.42 Å². The van der Waals surface area contributed by atoms with Gasteiger partial charge in [0.25, 0.3) is 0 Å². The van der Waals surface area contributed by atoms with Crippen LogP contribution in [0.25, 0.3) is 0 Å².